The topological polar surface area (TPSA) is 29.9 Å². The summed E-state index contributed by atoms with van der Waals surface area (Å²) in [4.78, 5) is 0. The summed E-state index contributed by atoms with van der Waals surface area (Å²) < 4.78 is 2.95. The van der Waals surface area contributed by atoms with Gasteiger partial charge in [-0.15, -0.1) is 0 Å². The van der Waals surface area contributed by atoms with Crippen LogP contribution in [0.5, 0.6) is 0 Å². The van der Waals surface area contributed by atoms with E-state index in [0.29, 0.717) is 0 Å². The summed E-state index contributed by atoms with van der Waals surface area (Å²) in [5, 5.41) is 7.75. The summed E-state index contributed by atoms with van der Waals surface area (Å²) in [7, 11) is 1.94. The van der Waals surface area contributed by atoms with Crippen LogP contribution in [0.15, 0.2) is 35.1 Å². The molecule has 3 nitrogen and oxygen atoms in total. The van der Waals surface area contributed by atoms with Crippen LogP contribution in [0.2, 0.25) is 0 Å². The van der Waals surface area contributed by atoms with E-state index in [0.717, 1.165) is 10.9 Å². The molecule has 0 aliphatic carbocycles. The van der Waals surface area contributed by atoms with Gasteiger partial charge in [0, 0.05) is 29.0 Å². The first-order chi connectivity index (χ1) is 8.60. The highest BCUT2D eigenvalue weighted by molar-refractivity contribution is 9.10. The molecule has 0 bridgehead atoms. The highest BCUT2D eigenvalue weighted by Gasteiger charge is 2.09. The lowest BCUT2D eigenvalue weighted by atomic mass is 10.1. The quantitative estimate of drug-likeness (QED) is 0.928. The van der Waals surface area contributed by atoms with Crippen molar-refractivity contribution in [2.75, 3.05) is 5.32 Å². The molecule has 0 saturated carbocycles. The van der Waals surface area contributed by atoms with Gasteiger partial charge in [-0.25, -0.2) is 0 Å². The van der Waals surface area contributed by atoms with Gasteiger partial charge >= 0.3 is 0 Å². The van der Waals surface area contributed by atoms with Crippen LogP contribution >= 0.6 is 15.9 Å². The molecular formula is C14H18BrN3. The van der Waals surface area contributed by atoms with Crippen LogP contribution < -0.4 is 5.32 Å². The number of halogens is 1. The zero-order chi connectivity index (χ0) is 13.1. The van der Waals surface area contributed by atoms with E-state index in [4.69, 9.17) is 0 Å². The van der Waals surface area contributed by atoms with E-state index < -0.39 is 0 Å². The lowest BCUT2D eigenvalue weighted by molar-refractivity contribution is 0.765. The Hall–Kier alpha value is -1.29. The summed E-state index contributed by atoms with van der Waals surface area (Å²) >= 11 is 3.51. The fraction of sp³-hybridized carbons (Fsp3) is 0.357. The van der Waals surface area contributed by atoms with Crippen molar-refractivity contribution in [1.29, 1.82) is 0 Å². The van der Waals surface area contributed by atoms with Crippen molar-refractivity contribution in [3.05, 3.63) is 46.2 Å². The molecular weight excluding hydrogens is 290 g/mol. The van der Waals surface area contributed by atoms with Gasteiger partial charge in [-0.3, -0.25) is 4.68 Å². The monoisotopic (exact) mass is 307 g/mol. The van der Waals surface area contributed by atoms with Gasteiger partial charge in [0.2, 0.25) is 0 Å². The van der Waals surface area contributed by atoms with Gasteiger partial charge in [-0.1, -0.05) is 22.9 Å². The second-order valence-electron chi connectivity index (χ2n) is 4.47. The van der Waals surface area contributed by atoms with Crippen molar-refractivity contribution >= 4 is 21.6 Å². The molecule has 1 aromatic carbocycles. The van der Waals surface area contributed by atoms with Crippen LogP contribution in [0.1, 0.15) is 31.0 Å². The summed E-state index contributed by atoms with van der Waals surface area (Å²) in [6, 6.07) is 6.61. The Kier molecular flexibility index (Phi) is 4.07. The van der Waals surface area contributed by atoms with Gasteiger partial charge in [0.1, 0.15) is 0 Å². The molecule has 0 radical (unpaired) electrons. The molecule has 0 amide bonds. The van der Waals surface area contributed by atoms with Crippen LogP contribution in [-0.2, 0) is 13.5 Å². The Morgan fingerprint density at radius 2 is 2.22 bits per heavy atom. The van der Waals surface area contributed by atoms with Crippen molar-refractivity contribution in [2.45, 2.75) is 26.3 Å². The SMILES string of the molecule is CCc1cc(Br)ccc1NC(C)c1cnn(C)c1. The van der Waals surface area contributed by atoms with Gasteiger partial charge in [0.05, 0.1) is 12.2 Å². The van der Waals surface area contributed by atoms with E-state index in [1.807, 2.05) is 24.1 Å². The van der Waals surface area contributed by atoms with E-state index in [1.165, 1.54) is 16.8 Å². The van der Waals surface area contributed by atoms with E-state index in [9.17, 15) is 0 Å². The van der Waals surface area contributed by atoms with E-state index in [2.05, 4.69) is 58.4 Å². The predicted molar refractivity (Wildman–Crippen MR) is 78.8 cm³/mol. The standard InChI is InChI=1S/C14H18BrN3/c1-4-11-7-13(15)5-6-14(11)17-10(2)12-8-16-18(3)9-12/h5-10,17H,4H2,1-3H3. The molecule has 1 aromatic heterocycles. The summed E-state index contributed by atoms with van der Waals surface area (Å²) in [6.45, 7) is 4.32. The molecule has 96 valence electrons. The third kappa shape index (κ3) is 2.93. The maximum atomic E-state index is 4.21. The maximum Gasteiger partial charge on any atom is 0.0542 e. The number of hydrogen-bond donors (Lipinski definition) is 1. The number of anilines is 1. The van der Waals surface area contributed by atoms with Crippen LogP contribution in [0.4, 0.5) is 5.69 Å². The minimum atomic E-state index is 0.255. The Balaban J connectivity index is 2.18. The molecule has 18 heavy (non-hydrogen) atoms. The largest absolute Gasteiger partial charge is 0.378 e. The number of rotatable bonds is 4. The molecule has 0 saturated heterocycles. The van der Waals surface area contributed by atoms with E-state index >= 15 is 0 Å². The van der Waals surface area contributed by atoms with Gasteiger partial charge in [-0.2, -0.15) is 5.10 Å². The van der Waals surface area contributed by atoms with Gasteiger partial charge < -0.3 is 5.32 Å². The number of aryl methyl sites for hydroxylation is 2. The molecule has 2 aromatic rings. The molecule has 2 rings (SSSR count). The molecule has 0 fully saturated rings. The summed E-state index contributed by atoms with van der Waals surface area (Å²) in [5.74, 6) is 0. The summed E-state index contributed by atoms with van der Waals surface area (Å²) in [6.07, 6.45) is 4.96. The van der Waals surface area contributed by atoms with Crippen molar-refractivity contribution < 1.29 is 0 Å². The molecule has 0 aliphatic heterocycles. The van der Waals surface area contributed by atoms with Crippen molar-refractivity contribution in [3.8, 4) is 0 Å². The second kappa shape index (κ2) is 5.57. The lowest BCUT2D eigenvalue weighted by Crippen LogP contribution is -2.07. The fourth-order valence-corrected chi connectivity index (χ4v) is 2.38. The minimum Gasteiger partial charge on any atom is -0.378 e. The first-order valence-corrected chi connectivity index (χ1v) is 6.93. The zero-order valence-electron chi connectivity index (χ0n) is 10.9. The van der Waals surface area contributed by atoms with Gasteiger partial charge in [0.25, 0.3) is 0 Å². The Bertz CT molecular complexity index is 534. The second-order valence-corrected chi connectivity index (χ2v) is 5.38. The van der Waals surface area contributed by atoms with Crippen LogP contribution in [0, 0.1) is 0 Å². The molecule has 1 heterocycles. The smallest absolute Gasteiger partial charge is 0.0542 e. The third-order valence-corrected chi connectivity index (χ3v) is 3.54. The minimum absolute atomic E-state index is 0.255. The number of hydrogen-bond acceptors (Lipinski definition) is 2. The fourth-order valence-electron chi connectivity index (χ4n) is 1.98. The molecule has 1 atom stereocenters. The zero-order valence-corrected chi connectivity index (χ0v) is 12.5. The van der Waals surface area contributed by atoms with Crippen LogP contribution in [-0.4, -0.2) is 9.78 Å². The highest BCUT2D eigenvalue weighted by atomic mass is 79.9. The van der Waals surface area contributed by atoms with Gasteiger partial charge in [-0.05, 0) is 37.1 Å². The molecule has 4 heteroatoms. The summed E-state index contributed by atoms with van der Waals surface area (Å²) in [5.41, 5.74) is 3.71. The number of nitrogens with zero attached hydrogens (tertiary/aromatic N) is 2. The molecule has 1 unspecified atom stereocenters. The molecule has 1 N–H and O–H groups in total. The van der Waals surface area contributed by atoms with E-state index in [1.54, 1.807) is 0 Å². The average Bonchev–Trinajstić information content (AvgIpc) is 2.78. The first kappa shape index (κ1) is 13.1. The number of benzene rings is 1. The lowest BCUT2D eigenvalue weighted by Gasteiger charge is -2.17. The Morgan fingerprint density at radius 1 is 1.44 bits per heavy atom. The molecule has 0 spiro atoms. The van der Waals surface area contributed by atoms with Crippen molar-refractivity contribution in [3.63, 3.8) is 0 Å². The Labute approximate surface area is 116 Å². The third-order valence-electron chi connectivity index (χ3n) is 3.05. The van der Waals surface area contributed by atoms with Crippen LogP contribution in [0.3, 0.4) is 0 Å². The van der Waals surface area contributed by atoms with Crippen LogP contribution in [0.25, 0.3) is 0 Å². The normalized spacial score (nSPS) is 12.4. The first-order valence-electron chi connectivity index (χ1n) is 6.13. The number of nitrogens with one attached hydrogen (secondary N) is 1. The number of aromatic nitrogens is 2. The highest BCUT2D eigenvalue weighted by Crippen LogP contribution is 2.25. The molecule has 0 aliphatic rings. The average molecular weight is 308 g/mol. The predicted octanol–water partition coefficient (Wildman–Crippen LogP) is 3.92. The van der Waals surface area contributed by atoms with Gasteiger partial charge in [0.15, 0.2) is 0 Å². The van der Waals surface area contributed by atoms with E-state index in [-0.39, 0.29) is 6.04 Å². The Morgan fingerprint density at radius 3 is 2.83 bits per heavy atom. The maximum absolute atomic E-state index is 4.21. The van der Waals surface area contributed by atoms with Crippen molar-refractivity contribution in [1.82, 2.24) is 9.78 Å². The van der Waals surface area contributed by atoms with Crippen molar-refractivity contribution in [2.24, 2.45) is 7.05 Å².